The molecule has 1 aromatic carbocycles. The molecule has 6 nitrogen and oxygen atoms in total. The van der Waals surface area contributed by atoms with Crippen molar-refractivity contribution in [1.82, 2.24) is 9.97 Å². The Morgan fingerprint density at radius 2 is 1.97 bits per heavy atom. The number of aryl methyl sites for hydroxylation is 1. The fraction of sp³-hybridized carbons (Fsp3) is 0.125. The lowest BCUT2D eigenvalue weighted by molar-refractivity contribution is 0.302. The molecule has 0 atom stereocenters. The third kappa shape index (κ3) is 4.13. The van der Waals surface area contributed by atoms with Crippen LogP contribution in [0.5, 0.6) is 5.75 Å². The fourth-order valence-electron chi connectivity index (χ4n) is 3.45. The van der Waals surface area contributed by atoms with Gasteiger partial charge in [-0.15, -0.1) is 11.3 Å². The molecule has 0 unspecified atom stereocenters. The van der Waals surface area contributed by atoms with Crippen molar-refractivity contribution in [3.8, 4) is 17.2 Å². The molecule has 154 valence electrons. The van der Waals surface area contributed by atoms with E-state index < -0.39 is 0 Å². The minimum absolute atomic E-state index is 0.409. The Labute approximate surface area is 182 Å². The molecule has 0 saturated heterocycles. The van der Waals surface area contributed by atoms with Crippen LogP contribution in [0.1, 0.15) is 12.0 Å². The lowest BCUT2D eigenvalue weighted by Gasteiger charge is -2.08. The van der Waals surface area contributed by atoms with Crippen LogP contribution in [0.25, 0.3) is 32.5 Å². The zero-order valence-corrected chi connectivity index (χ0v) is 17.4. The molecular formula is C24H19N3O3S. The number of benzene rings is 1. The lowest BCUT2D eigenvalue weighted by atomic mass is 10.1. The molecule has 0 radical (unpaired) electrons. The molecule has 0 fully saturated rings. The molecule has 5 rings (SSSR count). The highest BCUT2D eigenvalue weighted by Gasteiger charge is 2.10. The van der Waals surface area contributed by atoms with Crippen LogP contribution in [0.3, 0.4) is 0 Å². The van der Waals surface area contributed by atoms with Gasteiger partial charge in [-0.25, -0.2) is 0 Å². The molecule has 0 saturated carbocycles. The number of fused-ring (bicyclic) bond motifs is 2. The molecule has 4 heterocycles. The van der Waals surface area contributed by atoms with Gasteiger partial charge in [0, 0.05) is 34.7 Å². The van der Waals surface area contributed by atoms with Crippen molar-refractivity contribution in [2.45, 2.75) is 12.8 Å². The smallest absolute Gasteiger partial charge is 0.155 e. The average molecular weight is 430 g/mol. The third-order valence-corrected chi connectivity index (χ3v) is 5.92. The summed E-state index contributed by atoms with van der Waals surface area (Å²) in [5.41, 5.74) is 2.53. The van der Waals surface area contributed by atoms with Gasteiger partial charge in [-0.05, 0) is 66.2 Å². The summed E-state index contributed by atoms with van der Waals surface area (Å²) in [6.07, 6.45) is 7.23. The molecule has 4 aromatic heterocycles. The second kappa shape index (κ2) is 8.57. The van der Waals surface area contributed by atoms with Crippen molar-refractivity contribution in [2.75, 3.05) is 6.61 Å². The first-order valence-electron chi connectivity index (χ1n) is 9.91. The van der Waals surface area contributed by atoms with Crippen LogP contribution in [0.2, 0.25) is 0 Å². The van der Waals surface area contributed by atoms with Gasteiger partial charge in [-0.3, -0.25) is 9.97 Å². The summed E-state index contributed by atoms with van der Waals surface area (Å²) in [6.45, 7) is 0.583. The number of thiophene rings is 1. The van der Waals surface area contributed by atoms with Gasteiger partial charge in [-0.2, -0.15) is 0 Å². The van der Waals surface area contributed by atoms with E-state index in [1.807, 2.05) is 54.0 Å². The lowest BCUT2D eigenvalue weighted by Crippen LogP contribution is -2.05. The zero-order chi connectivity index (χ0) is 21.0. The van der Waals surface area contributed by atoms with E-state index in [2.05, 4.69) is 15.1 Å². The maximum atomic E-state index is 9.60. The highest BCUT2D eigenvalue weighted by Crippen LogP contribution is 2.27. The maximum absolute atomic E-state index is 9.60. The molecule has 7 heteroatoms. The molecule has 0 aliphatic rings. The molecule has 1 N–H and O–H groups in total. The SMILES string of the molecule is O/N=c1/cc(-c2cc3sccc3cn2)oc2ccc(OCCCc3ccncc3)cc12. The monoisotopic (exact) mass is 429 g/mol. The van der Waals surface area contributed by atoms with Gasteiger partial charge < -0.3 is 14.4 Å². The van der Waals surface area contributed by atoms with Gasteiger partial charge >= 0.3 is 0 Å². The number of pyridine rings is 2. The Kier molecular flexibility index (Phi) is 5.33. The Hall–Kier alpha value is -3.71. The normalized spacial score (nSPS) is 11.9. The van der Waals surface area contributed by atoms with E-state index in [4.69, 9.17) is 9.15 Å². The van der Waals surface area contributed by atoms with Crippen molar-refractivity contribution >= 4 is 32.4 Å². The summed E-state index contributed by atoms with van der Waals surface area (Å²) in [6, 6.07) is 15.2. The van der Waals surface area contributed by atoms with Crippen molar-refractivity contribution in [3.05, 3.63) is 83.4 Å². The number of aromatic nitrogens is 2. The Morgan fingerprint density at radius 1 is 1.06 bits per heavy atom. The molecule has 0 bridgehead atoms. The maximum Gasteiger partial charge on any atom is 0.155 e. The van der Waals surface area contributed by atoms with Crippen LogP contribution in [0.4, 0.5) is 0 Å². The Balaban J connectivity index is 1.38. The van der Waals surface area contributed by atoms with E-state index in [-0.39, 0.29) is 0 Å². The number of ether oxygens (including phenoxy) is 1. The predicted molar refractivity (Wildman–Crippen MR) is 120 cm³/mol. The summed E-state index contributed by atoms with van der Waals surface area (Å²) >= 11 is 1.65. The average Bonchev–Trinajstić information content (AvgIpc) is 3.30. The topological polar surface area (TPSA) is 80.7 Å². The summed E-state index contributed by atoms with van der Waals surface area (Å²) in [7, 11) is 0. The van der Waals surface area contributed by atoms with Gasteiger partial charge in [0.25, 0.3) is 0 Å². The van der Waals surface area contributed by atoms with E-state index >= 15 is 0 Å². The standard InChI is InChI=1S/C24H19N3O3S/c28-27-20-13-23(21-14-24-17(15-26-21)7-11-31-24)30-22-4-3-18(12-19(20)22)29-10-1-2-16-5-8-25-9-6-16/h3-9,11-15,28H,1-2,10H2/b27-20-. The molecule has 0 spiro atoms. The number of hydrogen-bond donors (Lipinski definition) is 1. The van der Waals surface area contributed by atoms with Gasteiger partial charge in [0.05, 0.1) is 12.0 Å². The van der Waals surface area contributed by atoms with Crippen LogP contribution >= 0.6 is 11.3 Å². The Morgan fingerprint density at radius 3 is 2.84 bits per heavy atom. The molecule has 31 heavy (non-hydrogen) atoms. The van der Waals surface area contributed by atoms with Gasteiger partial charge in [0.1, 0.15) is 22.4 Å². The largest absolute Gasteiger partial charge is 0.494 e. The van der Waals surface area contributed by atoms with E-state index in [1.54, 1.807) is 29.8 Å². The zero-order valence-electron chi connectivity index (χ0n) is 16.6. The van der Waals surface area contributed by atoms with Crippen molar-refractivity contribution < 1.29 is 14.4 Å². The summed E-state index contributed by atoms with van der Waals surface area (Å²) in [5.74, 6) is 1.25. The van der Waals surface area contributed by atoms with E-state index in [0.717, 1.165) is 22.9 Å². The van der Waals surface area contributed by atoms with Gasteiger partial charge in [0.2, 0.25) is 0 Å². The number of nitrogens with zero attached hydrogens (tertiary/aromatic N) is 3. The van der Waals surface area contributed by atoms with E-state index in [1.165, 1.54) is 5.56 Å². The quantitative estimate of drug-likeness (QED) is 0.222. The van der Waals surface area contributed by atoms with Gasteiger partial charge in [0.15, 0.2) is 5.76 Å². The highest BCUT2D eigenvalue weighted by molar-refractivity contribution is 7.17. The van der Waals surface area contributed by atoms with Crippen molar-refractivity contribution in [2.24, 2.45) is 5.16 Å². The van der Waals surface area contributed by atoms with E-state index in [9.17, 15) is 5.21 Å². The Bertz CT molecular complexity index is 1410. The van der Waals surface area contributed by atoms with Crippen molar-refractivity contribution in [3.63, 3.8) is 0 Å². The molecule has 5 aromatic rings. The number of hydrogen-bond acceptors (Lipinski definition) is 7. The molecular weight excluding hydrogens is 410 g/mol. The molecule has 0 amide bonds. The summed E-state index contributed by atoms with van der Waals surface area (Å²) in [4.78, 5) is 8.51. The minimum atomic E-state index is 0.409. The minimum Gasteiger partial charge on any atom is -0.494 e. The van der Waals surface area contributed by atoms with Crippen LogP contribution in [0, 0.1) is 0 Å². The summed E-state index contributed by atoms with van der Waals surface area (Å²) < 4.78 is 13.1. The second-order valence-electron chi connectivity index (χ2n) is 7.09. The van der Waals surface area contributed by atoms with Gasteiger partial charge in [-0.1, -0.05) is 5.16 Å². The fourth-order valence-corrected chi connectivity index (χ4v) is 4.25. The highest BCUT2D eigenvalue weighted by atomic mass is 32.1. The van der Waals surface area contributed by atoms with Crippen LogP contribution < -0.4 is 10.1 Å². The van der Waals surface area contributed by atoms with Crippen LogP contribution in [-0.4, -0.2) is 21.8 Å². The van der Waals surface area contributed by atoms with Crippen molar-refractivity contribution in [1.29, 1.82) is 0 Å². The number of rotatable bonds is 6. The van der Waals surface area contributed by atoms with Crippen LogP contribution in [-0.2, 0) is 6.42 Å². The molecule has 0 aliphatic heterocycles. The van der Waals surface area contributed by atoms with E-state index in [0.29, 0.717) is 40.1 Å². The molecule has 0 aliphatic carbocycles. The summed E-state index contributed by atoms with van der Waals surface area (Å²) in [5, 5.41) is 17.3. The first-order valence-corrected chi connectivity index (χ1v) is 10.8. The first-order chi connectivity index (χ1) is 15.3. The third-order valence-electron chi connectivity index (χ3n) is 5.04. The predicted octanol–water partition coefficient (Wildman–Crippen LogP) is 5.41. The second-order valence-corrected chi connectivity index (χ2v) is 8.04. The first kappa shape index (κ1) is 19.3. The van der Waals surface area contributed by atoms with Crippen LogP contribution in [0.15, 0.2) is 82.1 Å².